The van der Waals surface area contributed by atoms with E-state index in [1.165, 1.54) is 4.90 Å². The van der Waals surface area contributed by atoms with Crippen molar-refractivity contribution in [2.24, 2.45) is 23.7 Å². The van der Waals surface area contributed by atoms with E-state index < -0.39 is 71.7 Å². The summed E-state index contributed by atoms with van der Waals surface area (Å²) >= 11 is 0. The molecule has 5 N–H and O–H groups in total. The molecule has 3 aliphatic rings. The molecule has 0 bridgehead atoms. The third-order valence-corrected chi connectivity index (χ3v) is 9.65. The van der Waals surface area contributed by atoms with E-state index in [9.17, 15) is 33.6 Å². The number of carbonyl (C=O) groups excluding carboxylic acids is 7. The van der Waals surface area contributed by atoms with Crippen LogP contribution in [-0.2, 0) is 33.6 Å². The van der Waals surface area contributed by atoms with Gasteiger partial charge in [0.15, 0.2) is 0 Å². The monoisotopic (exact) mass is 717 g/mol. The maximum atomic E-state index is 14.1. The van der Waals surface area contributed by atoms with Crippen LogP contribution in [0.25, 0.3) is 0 Å². The third-order valence-electron chi connectivity index (χ3n) is 9.65. The van der Waals surface area contributed by atoms with Crippen molar-refractivity contribution >= 4 is 41.4 Å². The number of amides is 7. The molecular formula is C37H63N7O7. The lowest BCUT2D eigenvalue weighted by Gasteiger charge is -2.32. The minimum absolute atomic E-state index is 0.00735. The molecule has 288 valence electrons. The highest BCUT2D eigenvalue weighted by molar-refractivity contribution is 5.99. The number of fused-ring (bicyclic) bond motifs is 1. The molecule has 3 saturated heterocycles. The highest BCUT2D eigenvalue weighted by atomic mass is 16.2. The van der Waals surface area contributed by atoms with Crippen LogP contribution in [0.4, 0.5) is 0 Å². The Labute approximate surface area is 303 Å². The second-order valence-corrected chi connectivity index (χ2v) is 16.3. The lowest BCUT2D eigenvalue weighted by atomic mass is 9.97. The first-order valence-corrected chi connectivity index (χ1v) is 19.1. The van der Waals surface area contributed by atoms with Gasteiger partial charge in [-0.25, -0.2) is 0 Å². The number of likely N-dealkylation sites (tertiary alicyclic amines) is 1. The molecule has 3 fully saturated rings. The van der Waals surface area contributed by atoms with E-state index in [2.05, 4.69) is 26.6 Å². The van der Waals surface area contributed by atoms with Gasteiger partial charge >= 0.3 is 0 Å². The molecule has 14 heteroatoms. The first kappa shape index (κ1) is 41.7. The van der Waals surface area contributed by atoms with Gasteiger partial charge < -0.3 is 36.4 Å². The Morgan fingerprint density at radius 3 is 1.33 bits per heavy atom. The lowest BCUT2D eigenvalue weighted by Crippen LogP contribution is -2.62. The van der Waals surface area contributed by atoms with Gasteiger partial charge in [-0.2, -0.15) is 0 Å². The SMILES string of the molecule is CC(C)C[C@@H]1NC(=O)[C@@H](CC(C)C)NC(=O)[C@H](CC(C)C)NC(=O)[C@@H](CC(=O)N2CCCC2)NC(=O)[C@H]2CCCN2C(=O)[C@H](CC(C)C)NC1=O. The van der Waals surface area contributed by atoms with Gasteiger partial charge in [0.2, 0.25) is 41.4 Å². The zero-order chi connectivity index (χ0) is 38.0. The molecule has 0 radical (unpaired) electrons. The van der Waals surface area contributed by atoms with Gasteiger partial charge in [-0.3, -0.25) is 33.6 Å². The molecule has 0 unspecified atom stereocenters. The summed E-state index contributed by atoms with van der Waals surface area (Å²) in [5.41, 5.74) is 0. The number of hydrogen-bond donors (Lipinski definition) is 5. The number of nitrogens with one attached hydrogen (secondary N) is 5. The first-order chi connectivity index (χ1) is 24.0. The van der Waals surface area contributed by atoms with Crippen LogP contribution in [0.5, 0.6) is 0 Å². The summed E-state index contributed by atoms with van der Waals surface area (Å²) in [6, 6.07) is -6.26. The maximum Gasteiger partial charge on any atom is 0.245 e. The third kappa shape index (κ3) is 12.5. The molecular weight excluding hydrogens is 654 g/mol. The number of rotatable bonds is 10. The van der Waals surface area contributed by atoms with Crippen LogP contribution >= 0.6 is 0 Å². The highest BCUT2D eigenvalue weighted by Gasteiger charge is 2.41. The van der Waals surface area contributed by atoms with Crippen molar-refractivity contribution in [1.82, 2.24) is 36.4 Å². The number of carbonyl (C=O) groups is 7. The van der Waals surface area contributed by atoms with Crippen molar-refractivity contribution in [2.75, 3.05) is 19.6 Å². The minimum atomic E-state index is -1.30. The summed E-state index contributed by atoms with van der Waals surface area (Å²) in [4.78, 5) is 100. The van der Waals surface area contributed by atoms with E-state index in [0.717, 1.165) is 12.8 Å². The Hall–Kier alpha value is -3.71. The normalized spacial score (nSPS) is 27.6. The summed E-state index contributed by atoms with van der Waals surface area (Å²) in [5, 5.41) is 14.1. The standard InChI is InChI=1S/C37H63N7O7/c1-21(2)16-25-32(46)39-27(18-23(5)6)34(48)42-29(19-24(7)8)37(51)44-15-11-12-30(44)36(50)41-28(20-31(45)43-13-9-10-14-43)35(49)40-26(17-22(3)4)33(47)38-25/h21-30H,9-20H2,1-8H3,(H,38,47)(H,39,46)(H,40,49)(H,41,50)(H,42,48)/t25-,26+,27+,28-,29+,30-/m1/s1. The molecule has 0 saturated carbocycles. The van der Waals surface area contributed by atoms with Gasteiger partial charge in [0.1, 0.15) is 36.3 Å². The Bertz CT molecular complexity index is 1260. The predicted molar refractivity (Wildman–Crippen MR) is 193 cm³/mol. The summed E-state index contributed by atoms with van der Waals surface area (Å²) in [5.74, 6) is -3.62. The smallest absolute Gasteiger partial charge is 0.245 e. The van der Waals surface area contributed by atoms with Crippen LogP contribution in [0.3, 0.4) is 0 Å². The average Bonchev–Trinajstić information content (AvgIpc) is 3.75. The van der Waals surface area contributed by atoms with E-state index in [1.807, 2.05) is 55.4 Å². The second-order valence-electron chi connectivity index (χ2n) is 16.3. The van der Waals surface area contributed by atoms with Crippen LogP contribution in [0, 0.1) is 23.7 Å². The topological polar surface area (TPSA) is 186 Å². The molecule has 0 aromatic carbocycles. The van der Waals surface area contributed by atoms with Crippen molar-refractivity contribution < 1.29 is 33.6 Å². The van der Waals surface area contributed by atoms with E-state index in [-0.39, 0.29) is 55.4 Å². The summed E-state index contributed by atoms with van der Waals surface area (Å²) in [6.45, 7) is 16.7. The largest absolute Gasteiger partial charge is 0.343 e. The zero-order valence-corrected chi connectivity index (χ0v) is 32.0. The van der Waals surface area contributed by atoms with Gasteiger partial charge in [-0.15, -0.1) is 0 Å². The van der Waals surface area contributed by atoms with Crippen LogP contribution in [0.2, 0.25) is 0 Å². The average molecular weight is 718 g/mol. The van der Waals surface area contributed by atoms with E-state index in [4.69, 9.17) is 0 Å². The fourth-order valence-corrected chi connectivity index (χ4v) is 7.14. The second kappa shape index (κ2) is 19.2. The van der Waals surface area contributed by atoms with E-state index in [1.54, 1.807) is 4.90 Å². The van der Waals surface area contributed by atoms with Crippen molar-refractivity contribution in [1.29, 1.82) is 0 Å². The van der Waals surface area contributed by atoms with Crippen molar-refractivity contribution in [3.05, 3.63) is 0 Å². The molecule has 14 nitrogen and oxygen atoms in total. The molecule has 3 heterocycles. The van der Waals surface area contributed by atoms with Crippen LogP contribution in [-0.4, -0.2) is 107 Å². The predicted octanol–water partition coefficient (Wildman–Crippen LogP) is 1.61. The van der Waals surface area contributed by atoms with Gasteiger partial charge in [0.05, 0.1) is 6.42 Å². The molecule has 3 aliphatic heterocycles. The van der Waals surface area contributed by atoms with Crippen molar-refractivity contribution in [3.8, 4) is 0 Å². The van der Waals surface area contributed by atoms with Crippen molar-refractivity contribution in [3.63, 3.8) is 0 Å². The number of nitrogens with zero attached hydrogens (tertiary/aromatic N) is 2. The fourth-order valence-electron chi connectivity index (χ4n) is 7.14. The summed E-state index contributed by atoms with van der Waals surface area (Å²) in [7, 11) is 0. The minimum Gasteiger partial charge on any atom is -0.343 e. The van der Waals surface area contributed by atoms with E-state index >= 15 is 0 Å². The highest BCUT2D eigenvalue weighted by Crippen LogP contribution is 2.22. The summed E-state index contributed by atoms with van der Waals surface area (Å²) < 4.78 is 0. The van der Waals surface area contributed by atoms with Gasteiger partial charge in [0, 0.05) is 19.6 Å². The zero-order valence-electron chi connectivity index (χ0n) is 32.0. The molecule has 6 atom stereocenters. The van der Waals surface area contributed by atoms with Gasteiger partial charge in [-0.05, 0) is 75.0 Å². The molecule has 0 aromatic heterocycles. The Balaban J connectivity index is 2.08. The summed E-state index contributed by atoms with van der Waals surface area (Å²) in [6.07, 6.45) is 3.36. The van der Waals surface area contributed by atoms with Crippen LogP contribution in [0.15, 0.2) is 0 Å². The quantitative estimate of drug-likeness (QED) is 0.227. The van der Waals surface area contributed by atoms with Crippen molar-refractivity contribution in [2.45, 2.75) is 149 Å². The molecule has 0 spiro atoms. The first-order valence-electron chi connectivity index (χ1n) is 19.1. The van der Waals surface area contributed by atoms with Crippen LogP contribution < -0.4 is 26.6 Å². The molecule has 0 aliphatic carbocycles. The maximum absolute atomic E-state index is 14.1. The molecule has 51 heavy (non-hydrogen) atoms. The van der Waals surface area contributed by atoms with E-state index in [0.29, 0.717) is 38.8 Å². The van der Waals surface area contributed by atoms with Gasteiger partial charge in [0.25, 0.3) is 0 Å². The molecule has 7 amide bonds. The number of hydrogen-bond acceptors (Lipinski definition) is 7. The van der Waals surface area contributed by atoms with Gasteiger partial charge in [-0.1, -0.05) is 55.4 Å². The molecule has 3 rings (SSSR count). The lowest BCUT2D eigenvalue weighted by molar-refractivity contribution is -0.143. The Morgan fingerprint density at radius 2 is 0.902 bits per heavy atom. The van der Waals surface area contributed by atoms with Crippen LogP contribution in [0.1, 0.15) is 113 Å². The molecule has 0 aromatic rings. The fraction of sp³-hybridized carbons (Fsp3) is 0.811. The Kier molecular flexibility index (Phi) is 15.7. The Morgan fingerprint density at radius 1 is 0.529 bits per heavy atom.